The summed E-state index contributed by atoms with van der Waals surface area (Å²) in [5.74, 6) is 0.138. The van der Waals surface area contributed by atoms with Crippen LogP contribution >= 0.6 is 0 Å². The van der Waals surface area contributed by atoms with Gasteiger partial charge in [0, 0.05) is 12.6 Å². The van der Waals surface area contributed by atoms with E-state index in [0.29, 0.717) is 0 Å². The number of nitrogens with one attached hydrogen (secondary N) is 1. The van der Waals surface area contributed by atoms with E-state index in [1.54, 1.807) is 7.11 Å². The van der Waals surface area contributed by atoms with Crippen LogP contribution in [0.1, 0.15) is 25.5 Å². The number of aliphatic hydroxyl groups is 1. The summed E-state index contributed by atoms with van der Waals surface area (Å²) in [4.78, 5) is 11.3. The van der Waals surface area contributed by atoms with Crippen molar-refractivity contribution in [2.24, 2.45) is 0 Å². The summed E-state index contributed by atoms with van der Waals surface area (Å²) >= 11 is 0. The topological polar surface area (TPSA) is 67.8 Å². The van der Waals surface area contributed by atoms with Gasteiger partial charge in [0.1, 0.15) is 5.75 Å². The number of carbonyl (C=O) groups is 1. The summed E-state index contributed by atoms with van der Waals surface area (Å²) in [5, 5.41) is 13.0. The van der Waals surface area contributed by atoms with Crippen LogP contribution in [0.3, 0.4) is 0 Å². The lowest BCUT2D eigenvalue weighted by atomic mass is 10.0. The first-order chi connectivity index (χ1) is 8.90. The van der Waals surface area contributed by atoms with Gasteiger partial charge in [0.15, 0.2) is 5.60 Å². The molecule has 106 valence electrons. The predicted molar refractivity (Wildman–Crippen MR) is 72.1 cm³/mol. The minimum Gasteiger partial charge on any atom is -0.497 e. The first kappa shape index (κ1) is 15.5. The lowest BCUT2D eigenvalue weighted by Crippen LogP contribution is -2.46. The molecule has 0 aliphatic rings. The molecule has 0 aliphatic carbocycles. The highest BCUT2D eigenvalue weighted by Gasteiger charge is 2.31. The van der Waals surface area contributed by atoms with Crippen molar-refractivity contribution in [1.29, 1.82) is 0 Å². The molecule has 2 N–H and O–H groups in total. The molecule has 0 heterocycles. The Morgan fingerprint density at radius 1 is 1.37 bits per heavy atom. The van der Waals surface area contributed by atoms with Crippen molar-refractivity contribution >= 4 is 5.97 Å². The zero-order valence-electron chi connectivity index (χ0n) is 11.8. The number of benzene rings is 1. The average molecular weight is 267 g/mol. The molecule has 0 aliphatic heterocycles. The molecule has 1 rings (SSSR count). The van der Waals surface area contributed by atoms with Crippen molar-refractivity contribution in [3.63, 3.8) is 0 Å². The minimum atomic E-state index is -1.53. The summed E-state index contributed by atoms with van der Waals surface area (Å²) in [7, 11) is 2.87. The third-order valence-corrected chi connectivity index (χ3v) is 2.99. The molecule has 19 heavy (non-hydrogen) atoms. The van der Waals surface area contributed by atoms with Crippen molar-refractivity contribution in [3.05, 3.63) is 29.8 Å². The van der Waals surface area contributed by atoms with Gasteiger partial charge in [-0.15, -0.1) is 0 Å². The van der Waals surface area contributed by atoms with Crippen LogP contribution < -0.4 is 10.1 Å². The second kappa shape index (κ2) is 6.54. The largest absolute Gasteiger partial charge is 0.497 e. The van der Waals surface area contributed by atoms with E-state index in [2.05, 4.69) is 10.1 Å². The first-order valence-electron chi connectivity index (χ1n) is 6.09. The fourth-order valence-electron chi connectivity index (χ4n) is 1.65. The van der Waals surface area contributed by atoms with E-state index in [1.165, 1.54) is 14.0 Å². The monoisotopic (exact) mass is 267 g/mol. The van der Waals surface area contributed by atoms with Gasteiger partial charge in [0.25, 0.3) is 0 Å². The zero-order chi connectivity index (χ0) is 14.5. The second-order valence-corrected chi connectivity index (χ2v) is 4.64. The van der Waals surface area contributed by atoms with Crippen molar-refractivity contribution < 1.29 is 19.4 Å². The summed E-state index contributed by atoms with van der Waals surface area (Å²) in [6.07, 6.45) is 0. The Morgan fingerprint density at radius 2 is 1.95 bits per heavy atom. The van der Waals surface area contributed by atoms with E-state index in [0.717, 1.165) is 11.3 Å². The lowest BCUT2D eigenvalue weighted by Gasteiger charge is -2.23. The van der Waals surface area contributed by atoms with Crippen LogP contribution in [0, 0.1) is 0 Å². The molecule has 0 fully saturated rings. The normalized spacial score (nSPS) is 15.4. The van der Waals surface area contributed by atoms with Gasteiger partial charge in [-0.25, -0.2) is 4.79 Å². The SMILES string of the molecule is COC(=O)C(C)(O)CNC(C)c1ccc(OC)cc1. The smallest absolute Gasteiger partial charge is 0.338 e. The zero-order valence-corrected chi connectivity index (χ0v) is 11.8. The van der Waals surface area contributed by atoms with Crippen LogP contribution in [0.4, 0.5) is 0 Å². The van der Waals surface area contributed by atoms with Gasteiger partial charge < -0.3 is 19.9 Å². The molecule has 0 bridgehead atoms. The molecule has 5 nitrogen and oxygen atoms in total. The Hall–Kier alpha value is -1.59. The van der Waals surface area contributed by atoms with Crippen LogP contribution in [0.15, 0.2) is 24.3 Å². The maximum absolute atomic E-state index is 11.3. The Labute approximate surface area is 113 Å². The Kier molecular flexibility index (Phi) is 5.32. The number of carbonyl (C=O) groups excluding carboxylic acids is 1. The Morgan fingerprint density at radius 3 is 2.42 bits per heavy atom. The number of rotatable bonds is 6. The van der Waals surface area contributed by atoms with Gasteiger partial charge in [-0.2, -0.15) is 0 Å². The fraction of sp³-hybridized carbons (Fsp3) is 0.500. The molecule has 5 heteroatoms. The summed E-state index contributed by atoms with van der Waals surface area (Å²) in [6.45, 7) is 3.49. The van der Waals surface area contributed by atoms with Gasteiger partial charge in [-0.1, -0.05) is 12.1 Å². The number of hydrogen-bond donors (Lipinski definition) is 2. The van der Waals surface area contributed by atoms with Crippen LogP contribution in [-0.2, 0) is 9.53 Å². The van der Waals surface area contributed by atoms with Gasteiger partial charge >= 0.3 is 5.97 Å². The van der Waals surface area contributed by atoms with E-state index in [1.807, 2.05) is 31.2 Å². The van der Waals surface area contributed by atoms with E-state index in [9.17, 15) is 9.90 Å². The first-order valence-corrected chi connectivity index (χ1v) is 6.09. The quantitative estimate of drug-likeness (QED) is 0.760. The van der Waals surface area contributed by atoms with Gasteiger partial charge in [-0.05, 0) is 31.5 Å². The van der Waals surface area contributed by atoms with Crippen molar-refractivity contribution in [2.75, 3.05) is 20.8 Å². The summed E-state index contributed by atoms with van der Waals surface area (Å²) < 4.78 is 9.63. The number of hydrogen-bond acceptors (Lipinski definition) is 5. The van der Waals surface area contributed by atoms with E-state index in [-0.39, 0.29) is 12.6 Å². The van der Waals surface area contributed by atoms with E-state index >= 15 is 0 Å². The van der Waals surface area contributed by atoms with Crippen molar-refractivity contribution in [3.8, 4) is 5.75 Å². The van der Waals surface area contributed by atoms with Crippen LogP contribution in [0.2, 0.25) is 0 Å². The molecule has 0 aromatic heterocycles. The van der Waals surface area contributed by atoms with E-state index in [4.69, 9.17) is 4.74 Å². The summed E-state index contributed by atoms with van der Waals surface area (Å²) in [5.41, 5.74) is -0.489. The van der Waals surface area contributed by atoms with Crippen LogP contribution in [-0.4, -0.2) is 37.4 Å². The minimum absolute atomic E-state index is 0.00189. The fourth-order valence-corrected chi connectivity index (χ4v) is 1.65. The molecule has 1 aromatic carbocycles. The number of esters is 1. The average Bonchev–Trinajstić information content (AvgIpc) is 2.43. The maximum Gasteiger partial charge on any atom is 0.338 e. The number of methoxy groups -OCH3 is 2. The van der Waals surface area contributed by atoms with Crippen molar-refractivity contribution in [2.45, 2.75) is 25.5 Å². The molecular weight excluding hydrogens is 246 g/mol. The maximum atomic E-state index is 11.3. The molecular formula is C14H21NO4. The molecule has 0 radical (unpaired) electrons. The van der Waals surface area contributed by atoms with E-state index < -0.39 is 11.6 Å². The van der Waals surface area contributed by atoms with Gasteiger partial charge in [0.2, 0.25) is 0 Å². The highest BCUT2D eigenvalue weighted by molar-refractivity contribution is 5.78. The molecule has 2 unspecified atom stereocenters. The molecule has 0 saturated heterocycles. The third kappa shape index (κ3) is 4.22. The molecule has 0 saturated carbocycles. The molecule has 2 atom stereocenters. The highest BCUT2D eigenvalue weighted by Crippen LogP contribution is 2.17. The van der Waals surface area contributed by atoms with Crippen LogP contribution in [0.5, 0.6) is 5.75 Å². The number of ether oxygens (including phenoxy) is 2. The van der Waals surface area contributed by atoms with Gasteiger partial charge in [-0.3, -0.25) is 0 Å². The molecule has 0 amide bonds. The second-order valence-electron chi connectivity index (χ2n) is 4.64. The Bertz CT molecular complexity index is 414. The van der Waals surface area contributed by atoms with Crippen molar-refractivity contribution in [1.82, 2.24) is 5.32 Å². The highest BCUT2D eigenvalue weighted by atomic mass is 16.5. The van der Waals surface area contributed by atoms with Gasteiger partial charge in [0.05, 0.1) is 14.2 Å². The molecule has 1 aromatic rings. The Balaban J connectivity index is 2.59. The van der Waals surface area contributed by atoms with Crippen LogP contribution in [0.25, 0.3) is 0 Å². The molecule has 0 spiro atoms. The standard InChI is InChI=1S/C14H21NO4/c1-10(11-5-7-12(18-3)8-6-11)15-9-14(2,17)13(16)19-4/h5-8,10,15,17H,9H2,1-4H3. The summed E-state index contributed by atoms with van der Waals surface area (Å²) in [6, 6.07) is 7.60. The third-order valence-electron chi connectivity index (χ3n) is 2.99. The predicted octanol–water partition coefficient (Wildman–Crippen LogP) is 1.27. The lowest BCUT2D eigenvalue weighted by molar-refractivity contribution is -0.160.